The van der Waals surface area contributed by atoms with Crippen LogP contribution in [-0.2, 0) is 4.79 Å². The van der Waals surface area contributed by atoms with Gasteiger partial charge in [0.2, 0.25) is 5.91 Å². The SMILES string of the molecule is COc1ccccc1N1CCN(C(=O)[C@@H]2CC(=O)c3ccccc32)CC1. The lowest BCUT2D eigenvalue weighted by Gasteiger charge is -2.37. The summed E-state index contributed by atoms with van der Waals surface area (Å²) in [6.07, 6.45) is 0.297. The van der Waals surface area contributed by atoms with Gasteiger partial charge < -0.3 is 14.5 Å². The van der Waals surface area contributed by atoms with Crippen molar-refractivity contribution in [2.75, 3.05) is 38.2 Å². The normalized spacial score (nSPS) is 19.4. The third-order valence-electron chi connectivity index (χ3n) is 5.34. The minimum absolute atomic E-state index is 0.0722. The number of ketones is 1. The van der Waals surface area contributed by atoms with Crippen molar-refractivity contribution in [2.45, 2.75) is 12.3 Å². The van der Waals surface area contributed by atoms with Crippen molar-refractivity contribution in [3.05, 3.63) is 59.7 Å². The first kappa shape index (κ1) is 16.6. The van der Waals surface area contributed by atoms with E-state index in [0.717, 1.165) is 30.1 Å². The van der Waals surface area contributed by atoms with Gasteiger partial charge in [-0.1, -0.05) is 36.4 Å². The van der Waals surface area contributed by atoms with Crippen molar-refractivity contribution in [1.29, 1.82) is 0 Å². The maximum absolute atomic E-state index is 13.0. The number of para-hydroxylation sites is 2. The summed E-state index contributed by atoms with van der Waals surface area (Å²) >= 11 is 0. The van der Waals surface area contributed by atoms with Crippen LogP contribution in [-0.4, -0.2) is 49.9 Å². The van der Waals surface area contributed by atoms with Crippen molar-refractivity contribution in [2.24, 2.45) is 0 Å². The Kier molecular flexibility index (Phi) is 4.37. The lowest BCUT2D eigenvalue weighted by molar-refractivity contribution is -0.133. The van der Waals surface area contributed by atoms with Gasteiger partial charge in [0.25, 0.3) is 0 Å². The fourth-order valence-electron chi connectivity index (χ4n) is 3.96. The van der Waals surface area contributed by atoms with Crippen LogP contribution < -0.4 is 9.64 Å². The number of ether oxygens (including phenoxy) is 1. The second kappa shape index (κ2) is 6.83. The highest BCUT2D eigenvalue weighted by molar-refractivity contribution is 6.06. The van der Waals surface area contributed by atoms with Crippen molar-refractivity contribution < 1.29 is 14.3 Å². The molecule has 0 saturated carbocycles. The van der Waals surface area contributed by atoms with Crippen molar-refractivity contribution in [3.8, 4) is 5.75 Å². The van der Waals surface area contributed by atoms with E-state index in [1.807, 2.05) is 53.4 Å². The van der Waals surface area contributed by atoms with Crippen LogP contribution in [0.2, 0.25) is 0 Å². The van der Waals surface area contributed by atoms with Gasteiger partial charge in [-0.05, 0) is 17.7 Å². The Bertz CT molecular complexity index is 841. The van der Waals surface area contributed by atoms with Crippen molar-refractivity contribution in [1.82, 2.24) is 4.90 Å². The molecule has 2 aliphatic rings. The third kappa shape index (κ3) is 2.83. The van der Waals surface area contributed by atoms with Crippen LogP contribution in [0.3, 0.4) is 0 Å². The van der Waals surface area contributed by atoms with E-state index in [4.69, 9.17) is 4.74 Å². The van der Waals surface area contributed by atoms with Crippen LogP contribution in [0.25, 0.3) is 0 Å². The molecular formula is C21H22N2O3. The number of amides is 1. The first-order chi connectivity index (χ1) is 12.7. The fraction of sp³-hybridized carbons (Fsp3) is 0.333. The number of hydrogen-bond acceptors (Lipinski definition) is 4. The van der Waals surface area contributed by atoms with E-state index in [0.29, 0.717) is 25.1 Å². The minimum Gasteiger partial charge on any atom is -0.495 e. The minimum atomic E-state index is -0.323. The number of anilines is 1. The van der Waals surface area contributed by atoms with Gasteiger partial charge in [-0.2, -0.15) is 0 Å². The predicted molar refractivity (Wildman–Crippen MR) is 99.9 cm³/mol. The fourth-order valence-corrected chi connectivity index (χ4v) is 3.96. The lowest BCUT2D eigenvalue weighted by Crippen LogP contribution is -2.50. The molecule has 1 heterocycles. The zero-order valence-electron chi connectivity index (χ0n) is 14.9. The molecule has 2 aromatic rings. The van der Waals surface area contributed by atoms with E-state index in [1.54, 1.807) is 7.11 Å². The Morgan fingerprint density at radius 2 is 1.69 bits per heavy atom. The molecule has 134 valence electrons. The second-order valence-electron chi connectivity index (χ2n) is 6.75. The summed E-state index contributed by atoms with van der Waals surface area (Å²) in [5.74, 6) is 0.675. The number of rotatable bonds is 3. The van der Waals surface area contributed by atoms with Gasteiger partial charge in [0, 0.05) is 38.2 Å². The zero-order chi connectivity index (χ0) is 18.1. The standard InChI is InChI=1S/C21H22N2O3/c1-26-20-9-5-4-8-18(20)22-10-12-23(13-11-22)21(25)17-14-19(24)16-7-3-2-6-15(16)17/h2-9,17H,10-14H2,1H3/t17-/m1/s1. The van der Waals surface area contributed by atoms with Gasteiger partial charge in [-0.25, -0.2) is 0 Å². The van der Waals surface area contributed by atoms with Crippen LogP contribution in [0, 0.1) is 0 Å². The molecule has 0 spiro atoms. The van der Waals surface area contributed by atoms with E-state index in [9.17, 15) is 9.59 Å². The number of carbonyl (C=O) groups excluding carboxylic acids is 2. The van der Waals surface area contributed by atoms with Crippen molar-refractivity contribution >= 4 is 17.4 Å². The van der Waals surface area contributed by atoms with E-state index in [1.165, 1.54) is 0 Å². The topological polar surface area (TPSA) is 49.9 Å². The summed E-state index contributed by atoms with van der Waals surface area (Å²) in [5, 5.41) is 0. The Labute approximate surface area is 153 Å². The summed E-state index contributed by atoms with van der Waals surface area (Å²) in [6, 6.07) is 15.4. The zero-order valence-corrected chi connectivity index (χ0v) is 14.9. The molecule has 1 amide bonds. The molecule has 1 saturated heterocycles. The Morgan fingerprint density at radius 3 is 2.46 bits per heavy atom. The first-order valence-corrected chi connectivity index (χ1v) is 8.98. The highest BCUT2D eigenvalue weighted by atomic mass is 16.5. The molecule has 0 N–H and O–H groups in total. The Balaban J connectivity index is 1.46. The highest BCUT2D eigenvalue weighted by Crippen LogP contribution is 2.35. The number of fused-ring (bicyclic) bond motifs is 1. The molecule has 4 rings (SSSR count). The first-order valence-electron chi connectivity index (χ1n) is 8.98. The smallest absolute Gasteiger partial charge is 0.230 e. The predicted octanol–water partition coefficient (Wildman–Crippen LogP) is 2.71. The van der Waals surface area contributed by atoms with E-state index >= 15 is 0 Å². The summed E-state index contributed by atoms with van der Waals surface area (Å²) < 4.78 is 5.45. The molecular weight excluding hydrogens is 328 g/mol. The summed E-state index contributed by atoms with van der Waals surface area (Å²) in [7, 11) is 1.67. The van der Waals surface area contributed by atoms with Crippen LogP contribution in [0.1, 0.15) is 28.3 Å². The van der Waals surface area contributed by atoms with Crippen LogP contribution in [0.5, 0.6) is 5.75 Å². The molecule has 0 bridgehead atoms. The van der Waals surface area contributed by atoms with Crippen LogP contribution in [0.4, 0.5) is 5.69 Å². The maximum atomic E-state index is 13.0. The van der Waals surface area contributed by atoms with Gasteiger partial charge in [0.05, 0.1) is 18.7 Å². The number of piperazine rings is 1. The van der Waals surface area contributed by atoms with Crippen LogP contribution in [0.15, 0.2) is 48.5 Å². The lowest BCUT2D eigenvalue weighted by atomic mass is 9.99. The summed E-state index contributed by atoms with van der Waals surface area (Å²) in [6.45, 7) is 2.83. The third-order valence-corrected chi connectivity index (χ3v) is 5.34. The average molecular weight is 350 g/mol. The molecule has 1 aliphatic heterocycles. The van der Waals surface area contributed by atoms with E-state index in [2.05, 4.69) is 4.90 Å². The Hall–Kier alpha value is -2.82. The summed E-state index contributed by atoms with van der Waals surface area (Å²) in [4.78, 5) is 29.3. The molecule has 2 aromatic carbocycles. The molecule has 1 atom stereocenters. The molecule has 1 fully saturated rings. The van der Waals surface area contributed by atoms with Gasteiger partial charge in [0.1, 0.15) is 5.75 Å². The molecule has 1 aliphatic carbocycles. The quantitative estimate of drug-likeness (QED) is 0.854. The number of Topliss-reactive ketones (excluding diaryl/α,β-unsaturated/α-hetero) is 1. The van der Waals surface area contributed by atoms with E-state index < -0.39 is 0 Å². The number of methoxy groups -OCH3 is 1. The van der Waals surface area contributed by atoms with Gasteiger partial charge in [-0.3, -0.25) is 9.59 Å². The Morgan fingerprint density at radius 1 is 1.00 bits per heavy atom. The number of benzene rings is 2. The average Bonchev–Trinajstić information content (AvgIpc) is 3.04. The molecule has 26 heavy (non-hydrogen) atoms. The van der Waals surface area contributed by atoms with Gasteiger partial charge in [0.15, 0.2) is 5.78 Å². The monoisotopic (exact) mass is 350 g/mol. The van der Waals surface area contributed by atoms with Gasteiger partial charge in [-0.15, -0.1) is 0 Å². The van der Waals surface area contributed by atoms with E-state index in [-0.39, 0.29) is 17.6 Å². The largest absolute Gasteiger partial charge is 0.495 e. The molecule has 0 aromatic heterocycles. The second-order valence-corrected chi connectivity index (χ2v) is 6.75. The number of carbonyl (C=O) groups is 2. The molecule has 5 nitrogen and oxygen atoms in total. The van der Waals surface area contributed by atoms with Crippen LogP contribution >= 0.6 is 0 Å². The number of nitrogens with zero attached hydrogens (tertiary/aromatic N) is 2. The highest BCUT2D eigenvalue weighted by Gasteiger charge is 2.37. The van der Waals surface area contributed by atoms with Gasteiger partial charge >= 0.3 is 0 Å². The molecule has 0 unspecified atom stereocenters. The maximum Gasteiger partial charge on any atom is 0.230 e. The molecule has 5 heteroatoms. The van der Waals surface area contributed by atoms with Crippen molar-refractivity contribution in [3.63, 3.8) is 0 Å². The summed E-state index contributed by atoms with van der Waals surface area (Å²) in [5.41, 5.74) is 2.65. The number of hydrogen-bond donors (Lipinski definition) is 0. The molecule has 0 radical (unpaired) electrons.